The Morgan fingerprint density at radius 2 is 1.04 bits per heavy atom. The van der Waals surface area contributed by atoms with E-state index in [9.17, 15) is 5.11 Å². The summed E-state index contributed by atoms with van der Waals surface area (Å²) < 4.78 is 4.12. The van der Waals surface area contributed by atoms with Crippen LogP contribution in [0, 0.1) is 0 Å². The third kappa shape index (κ3) is 7.10. The number of allylic oxidation sites excluding steroid dienone is 4. The molecule has 0 fully saturated rings. The fourth-order valence-electron chi connectivity index (χ4n) is 11.1. The SMILES string of the molecule is [B]c1c([B])c([B])c(/C(=C(/C=C\C=C)n2c3ccccc3c3ccc4c5ccccc5n(-c5nc(-c6ccccc6)nc(-c6ccc7c(c6)-c6ccccc6C7(C)C)n5)c4c32)c2c([B])c([B])c([B])c([B])c2O)c([B])c1[B]. The molecular formula is C60H34B9N5O. The van der Waals surface area contributed by atoms with Crippen molar-refractivity contribution in [3.05, 3.63) is 181 Å². The Hall–Kier alpha value is -8.03. The van der Waals surface area contributed by atoms with E-state index >= 15 is 0 Å². The molecule has 0 atom stereocenters. The van der Waals surface area contributed by atoms with Crippen molar-refractivity contribution in [3.63, 3.8) is 0 Å². The molecule has 1 aliphatic rings. The molecule has 1 aliphatic carbocycles. The summed E-state index contributed by atoms with van der Waals surface area (Å²) in [6, 6.07) is 45.1. The van der Waals surface area contributed by atoms with Crippen molar-refractivity contribution in [2.45, 2.75) is 19.3 Å². The Bertz CT molecular complexity index is 4240. The molecule has 0 spiro atoms. The molecule has 8 aromatic carbocycles. The predicted octanol–water partition coefficient (Wildman–Crippen LogP) is 3.73. The molecule has 11 aromatic rings. The van der Waals surface area contributed by atoms with Crippen LogP contribution in [0.25, 0.3) is 94.7 Å². The number of benzene rings is 8. The zero-order valence-corrected chi connectivity index (χ0v) is 41.0. The van der Waals surface area contributed by atoms with Crippen molar-refractivity contribution in [1.29, 1.82) is 0 Å². The topological polar surface area (TPSA) is 68.8 Å². The van der Waals surface area contributed by atoms with Gasteiger partial charge in [0, 0.05) is 49.2 Å². The first-order valence-corrected chi connectivity index (χ1v) is 24.2. The summed E-state index contributed by atoms with van der Waals surface area (Å²) in [5, 5.41) is 15.8. The Morgan fingerprint density at radius 3 is 1.72 bits per heavy atom. The molecule has 3 aromatic heterocycles. The van der Waals surface area contributed by atoms with E-state index in [1.165, 1.54) is 16.7 Å². The van der Waals surface area contributed by atoms with Crippen LogP contribution >= 0.6 is 0 Å². The lowest BCUT2D eigenvalue weighted by molar-refractivity contribution is 0.479. The minimum atomic E-state index is -0.490. The predicted molar refractivity (Wildman–Crippen MR) is 320 cm³/mol. The summed E-state index contributed by atoms with van der Waals surface area (Å²) in [4.78, 5) is 16.0. The van der Waals surface area contributed by atoms with E-state index in [1.807, 2.05) is 77.4 Å². The summed E-state index contributed by atoms with van der Waals surface area (Å²) in [7, 11) is 60.3. The Morgan fingerprint density at radius 1 is 0.507 bits per heavy atom. The maximum absolute atomic E-state index is 12.3. The lowest BCUT2D eigenvalue weighted by atomic mass is 9.58. The summed E-state index contributed by atoms with van der Waals surface area (Å²) in [5.41, 5.74) is 8.99. The summed E-state index contributed by atoms with van der Waals surface area (Å²) >= 11 is 0. The fraction of sp³-hybridized carbons (Fsp3) is 0.0500. The van der Waals surface area contributed by atoms with Gasteiger partial charge in [0.05, 0.1) is 27.8 Å². The van der Waals surface area contributed by atoms with Gasteiger partial charge in [0.25, 0.3) is 0 Å². The molecule has 12 rings (SSSR count). The molecule has 0 bridgehead atoms. The number of nitrogens with zero attached hydrogens (tertiary/aromatic N) is 5. The van der Waals surface area contributed by atoms with Crippen LogP contribution in [0.1, 0.15) is 36.1 Å². The van der Waals surface area contributed by atoms with Gasteiger partial charge in [-0.3, -0.25) is 4.57 Å². The lowest BCUT2D eigenvalue weighted by Gasteiger charge is -2.29. The summed E-state index contributed by atoms with van der Waals surface area (Å²) in [6.45, 7) is 8.56. The normalized spacial score (nSPS) is 13.3. The highest BCUT2D eigenvalue weighted by Gasteiger charge is 2.36. The summed E-state index contributed by atoms with van der Waals surface area (Å²) in [5.74, 6) is 0.822. The molecule has 332 valence electrons. The molecule has 15 heteroatoms. The van der Waals surface area contributed by atoms with Gasteiger partial charge in [-0.05, 0) is 52.1 Å². The number of hydrogen-bond donors (Lipinski definition) is 1. The van der Waals surface area contributed by atoms with Gasteiger partial charge >= 0.3 is 0 Å². The van der Waals surface area contributed by atoms with Crippen LogP contribution in [0.3, 0.4) is 0 Å². The Labute approximate surface area is 446 Å². The average molecular weight is 938 g/mol. The van der Waals surface area contributed by atoms with Crippen LogP contribution in [0.2, 0.25) is 0 Å². The molecule has 18 radical (unpaired) electrons. The highest BCUT2D eigenvalue weighted by Crippen LogP contribution is 2.50. The molecule has 3 heterocycles. The molecule has 0 amide bonds. The van der Waals surface area contributed by atoms with Crippen molar-refractivity contribution in [2.24, 2.45) is 0 Å². The highest BCUT2D eigenvalue weighted by molar-refractivity contribution is 6.69. The Balaban J connectivity index is 1.27. The molecule has 0 saturated carbocycles. The maximum atomic E-state index is 12.3. The van der Waals surface area contributed by atoms with E-state index in [-0.39, 0.29) is 71.3 Å². The molecule has 75 heavy (non-hydrogen) atoms. The molecule has 1 N–H and O–H groups in total. The van der Waals surface area contributed by atoms with Gasteiger partial charge in [0.1, 0.15) is 76.4 Å². The molecule has 0 saturated heterocycles. The zero-order chi connectivity index (χ0) is 52.4. The number of rotatable bonds is 8. The molecule has 0 unspecified atom stereocenters. The third-order valence-electron chi connectivity index (χ3n) is 14.9. The number of hydrogen-bond acceptors (Lipinski definition) is 4. The summed E-state index contributed by atoms with van der Waals surface area (Å²) in [6.07, 6.45) is 5.15. The quantitative estimate of drug-likeness (QED) is 0.187. The van der Waals surface area contributed by atoms with Crippen LogP contribution in [0.5, 0.6) is 5.75 Å². The maximum Gasteiger partial charge on any atom is 0.238 e. The standard InChI is InChI=1S/C60H34B9N5O/c1-4-5-21-41(42(43-45(61)48(64)51(67)49(65)46(43)62)44-47(63)50(66)52(68)53(69)56(44)75)73-39-22-13-10-18-32(39)34-25-26-35-33-19-11-14-23-40(33)74(55(35)54(34)73)59-71-57(29-15-7-6-8-16-29)70-58(72-59)30-24-27-38-36(28-30)31-17-9-12-20-37(31)60(38,2)3/h4-28,75H,1H2,2-3H3/b21-5-,42-41+. The van der Waals surface area contributed by atoms with Crippen LogP contribution < -0.4 is 49.2 Å². The highest BCUT2D eigenvalue weighted by atomic mass is 16.3. The zero-order valence-electron chi connectivity index (χ0n) is 41.0. The van der Waals surface area contributed by atoms with Crippen molar-refractivity contribution in [1.82, 2.24) is 24.1 Å². The van der Waals surface area contributed by atoms with Crippen molar-refractivity contribution < 1.29 is 5.11 Å². The van der Waals surface area contributed by atoms with Crippen LogP contribution in [0.15, 0.2) is 158 Å². The van der Waals surface area contributed by atoms with Gasteiger partial charge in [-0.15, -0.1) is 27.3 Å². The first-order chi connectivity index (χ1) is 36.1. The largest absolute Gasteiger partial charge is 0.508 e. The van der Waals surface area contributed by atoms with Crippen molar-refractivity contribution in [2.75, 3.05) is 0 Å². The van der Waals surface area contributed by atoms with E-state index in [2.05, 4.69) is 85.7 Å². The Kier molecular flexibility index (Phi) is 11.4. The average Bonchev–Trinajstić information content (AvgIpc) is 4.04. The van der Waals surface area contributed by atoms with Crippen LogP contribution in [-0.4, -0.2) is 99.8 Å². The van der Waals surface area contributed by atoms with Crippen molar-refractivity contribution in [3.8, 4) is 45.6 Å². The smallest absolute Gasteiger partial charge is 0.238 e. The molecular weight excluding hydrogens is 904 g/mol. The number of fused-ring (bicyclic) bond motifs is 10. The van der Waals surface area contributed by atoms with E-state index in [4.69, 9.17) is 85.6 Å². The van der Waals surface area contributed by atoms with Crippen LogP contribution in [-0.2, 0) is 5.41 Å². The molecule has 0 aliphatic heterocycles. The second-order valence-electron chi connectivity index (χ2n) is 19.3. The van der Waals surface area contributed by atoms with Crippen molar-refractivity contribution >= 4 is 175 Å². The third-order valence-corrected chi connectivity index (χ3v) is 14.9. The second-order valence-corrected chi connectivity index (χ2v) is 19.3. The first kappa shape index (κ1) is 47.9. The lowest BCUT2D eigenvalue weighted by Crippen LogP contribution is -2.56. The number of phenolic OH excluding ortho intramolecular Hbond substituents is 1. The minimum absolute atomic E-state index is 0.0203. The van der Waals surface area contributed by atoms with Crippen LogP contribution in [0.4, 0.5) is 0 Å². The van der Waals surface area contributed by atoms with Gasteiger partial charge < -0.3 is 9.67 Å². The van der Waals surface area contributed by atoms with E-state index in [1.54, 1.807) is 18.2 Å². The monoisotopic (exact) mass is 939 g/mol. The van der Waals surface area contributed by atoms with E-state index in [0.717, 1.165) is 54.8 Å². The second kappa shape index (κ2) is 17.8. The minimum Gasteiger partial charge on any atom is -0.508 e. The molecule has 6 nitrogen and oxygen atoms in total. The van der Waals surface area contributed by atoms with E-state index in [0.29, 0.717) is 28.8 Å². The van der Waals surface area contributed by atoms with Gasteiger partial charge in [-0.25, -0.2) is 4.98 Å². The van der Waals surface area contributed by atoms with Gasteiger partial charge in [-0.1, -0.05) is 170 Å². The van der Waals surface area contributed by atoms with Gasteiger partial charge in [-0.2, -0.15) is 9.97 Å². The number of phenols is 1. The van der Waals surface area contributed by atoms with E-state index < -0.39 is 5.75 Å². The van der Waals surface area contributed by atoms with Gasteiger partial charge in [0.15, 0.2) is 11.6 Å². The number of para-hydroxylation sites is 2. The number of aromatic nitrogens is 5. The van der Waals surface area contributed by atoms with Gasteiger partial charge in [0.2, 0.25) is 5.95 Å². The fourth-order valence-corrected chi connectivity index (χ4v) is 11.1. The number of aromatic hydroxyl groups is 1. The first-order valence-electron chi connectivity index (χ1n) is 24.2.